The largest absolute Gasteiger partial charge is 0.494 e. The number of anilines is 1. The van der Waals surface area contributed by atoms with Gasteiger partial charge < -0.3 is 21.1 Å². The molecule has 0 spiro atoms. The number of unbranched alkanes of at least 4 members (excludes halogenated alkanes) is 1. The number of hydrogen-bond donors (Lipinski definition) is 3. The maximum Gasteiger partial charge on any atom is 0.316 e. The maximum atomic E-state index is 12.7. The van der Waals surface area contributed by atoms with Crippen molar-refractivity contribution in [2.24, 2.45) is 5.73 Å². The molecule has 0 radical (unpaired) electrons. The Balaban J connectivity index is 1.63. The highest BCUT2D eigenvalue weighted by Gasteiger charge is 2.05. The van der Waals surface area contributed by atoms with E-state index in [9.17, 15) is 14.0 Å². The Bertz CT molecular complexity index is 703. The van der Waals surface area contributed by atoms with Gasteiger partial charge in [-0.1, -0.05) is 0 Å². The van der Waals surface area contributed by atoms with Crippen molar-refractivity contribution in [2.75, 3.05) is 18.5 Å². The molecule has 0 aromatic heterocycles. The third-order valence-electron chi connectivity index (χ3n) is 3.35. The molecular formula is C18H20FN3O3. The molecule has 0 atom stereocenters. The van der Waals surface area contributed by atoms with Crippen LogP contribution in [0.25, 0.3) is 0 Å². The van der Waals surface area contributed by atoms with E-state index in [4.69, 9.17) is 10.5 Å². The van der Waals surface area contributed by atoms with Gasteiger partial charge in [-0.3, -0.25) is 4.79 Å². The van der Waals surface area contributed by atoms with Gasteiger partial charge in [-0.05, 0) is 61.4 Å². The Hall–Kier alpha value is -3.09. The molecule has 7 heteroatoms. The van der Waals surface area contributed by atoms with Gasteiger partial charge in [-0.15, -0.1) is 0 Å². The van der Waals surface area contributed by atoms with E-state index in [2.05, 4.69) is 10.6 Å². The fraction of sp³-hybridized carbons (Fsp3) is 0.222. The summed E-state index contributed by atoms with van der Waals surface area (Å²) in [6.07, 6.45) is 1.52. The average molecular weight is 345 g/mol. The summed E-state index contributed by atoms with van der Waals surface area (Å²) in [7, 11) is 0. The third kappa shape index (κ3) is 6.50. The number of primary amides is 1. The van der Waals surface area contributed by atoms with Gasteiger partial charge in [0.25, 0.3) is 5.91 Å². The zero-order valence-corrected chi connectivity index (χ0v) is 13.6. The summed E-state index contributed by atoms with van der Waals surface area (Å²) < 4.78 is 18.2. The van der Waals surface area contributed by atoms with Crippen LogP contribution in [0.3, 0.4) is 0 Å². The number of halogens is 1. The molecule has 0 saturated carbocycles. The van der Waals surface area contributed by atoms with Gasteiger partial charge >= 0.3 is 6.03 Å². The van der Waals surface area contributed by atoms with Gasteiger partial charge in [0.2, 0.25) is 0 Å². The standard InChI is InChI=1S/C18H20FN3O3/c19-14-5-9-16(10-6-14)25-12-2-1-11-21-17(23)13-3-7-15(8-4-13)22-18(20)24/h3-10H,1-2,11-12H2,(H,21,23)(H3,20,22,24). The van der Waals surface area contributed by atoms with Gasteiger partial charge in [0, 0.05) is 17.8 Å². The summed E-state index contributed by atoms with van der Waals surface area (Å²) in [6.45, 7) is 1.02. The number of amides is 3. The van der Waals surface area contributed by atoms with Crippen LogP contribution in [-0.4, -0.2) is 25.1 Å². The number of carbonyl (C=O) groups excluding carboxylic acids is 2. The van der Waals surface area contributed by atoms with E-state index in [0.717, 1.165) is 12.8 Å². The number of carbonyl (C=O) groups is 2. The molecule has 0 bridgehead atoms. The van der Waals surface area contributed by atoms with Gasteiger partial charge in [-0.25, -0.2) is 9.18 Å². The summed E-state index contributed by atoms with van der Waals surface area (Å²) in [4.78, 5) is 22.7. The molecule has 25 heavy (non-hydrogen) atoms. The number of urea groups is 1. The van der Waals surface area contributed by atoms with Crippen LogP contribution in [0.5, 0.6) is 5.75 Å². The van der Waals surface area contributed by atoms with Crippen molar-refractivity contribution in [1.82, 2.24) is 5.32 Å². The van der Waals surface area contributed by atoms with Crippen LogP contribution in [-0.2, 0) is 0 Å². The van der Waals surface area contributed by atoms with E-state index < -0.39 is 6.03 Å². The Morgan fingerprint density at radius 2 is 1.68 bits per heavy atom. The molecule has 0 saturated heterocycles. The first-order valence-corrected chi connectivity index (χ1v) is 7.87. The van der Waals surface area contributed by atoms with Crippen molar-refractivity contribution in [3.05, 3.63) is 59.9 Å². The fourth-order valence-corrected chi connectivity index (χ4v) is 2.10. The number of ether oxygens (including phenoxy) is 1. The van der Waals surface area contributed by atoms with E-state index >= 15 is 0 Å². The van der Waals surface area contributed by atoms with E-state index in [-0.39, 0.29) is 11.7 Å². The summed E-state index contributed by atoms with van der Waals surface area (Å²) in [5.41, 5.74) is 6.04. The van der Waals surface area contributed by atoms with Gasteiger partial charge in [0.1, 0.15) is 11.6 Å². The van der Waals surface area contributed by atoms with Crippen LogP contribution < -0.4 is 21.1 Å². The highest BCUT2D eigenvalue weighted by molar-refractivity contribution is 5.95. The van der Waals surface area contributed by atoms with Gasteiger partial charge in [0.05, 0.1) is 6.61 Å². The predicted octanol–water partition coefficient (Wildman–Crippen LogP) is 2.91. The molecule has 0 aliphatic carbocycles. The first kappa shape index (κ1) is 18.3. The molecule has 4 N–H and O–H groups in total. The first-order chi connectivity index (χ1) is 12.0. The quantitative estimate of drug-likeness (QED) is 0.642. The summed E-state index contributed by atoms with van der Waals surface area (Å²) in [5, 5.41) is 5.24. The van der Waals surface area contributed by atoms with Crippen LogP contribution in [0.2, 0.25) is 0 Å². The molecular weight excluding hydrogens is 325 g/mol. The molecule has 0 unspecified atom stereocenters. The molecule has 2 aromatic rings. The normalized spacial score (nSPS) is 10.1. The van der Waals surface area contributed by atoms with Crippen molar-refractivity contribution in [2.45, 2.75) is 12.8 Å². The minimum atomic E-state index is -0.653. The van der Waals surface area contributed by atoms with E-state index in [1.165, 1.54) is 12.1 Å². The van der Waals surface area contributed by atoms with Crippen molar-refractivity contribution in [3.8, 4) is 5.75 Å². The zero-order chi connectivity index (χ0) is 18.1. The fourth-order valence-electron chi connectivity index (χ4n) is 2.10. The van der Waals surface area contributed by atoms with Crippen LogP contribution in [0, 0.1) is 5.82 Å². The molecule has 0 aliphatic heterocycles. The number of benzene rings is 2. The second kappa shape index (κ2) is 9.27. The average Bonchev–Trinajstić information content (AvgIpc) is 2.59. The molecule has 0 aliphatic rings. The van der Waals surface area contributed by atoms with Gasteiger partial charge in [-0.2, -0.15) is 0 Å². The molecule has 0 heterocycles. The highest BCUT2D eigenvalue weighted by Crippen LogP contribution is 2.11. The zero-order valence-electron chi connectivity index (χ0n) is 13.6. The Morgan fingerprint density at radius 1 is 1.00 bits per heavy atom. The van der Waals surface area contributed by atoms with Crippen LogP contribution >= 0.6 is 0 Å². The highest BCUT2D eigenvalue weighted by atomic mass is 19.1. The predicted molar refractivity (Wildman–Crippen MR) is 93.1 cm³/mol. The van der Waals surface area contributed by atoms with Crippen molar-refractivity contribution >= 4 is 17.6 Å². The minimum Gasteiger partial charge on any atom is -0.494 e. The number of nitrogens with one attached hydrogen (secondary N) is 2. The number of nitrogens with two attached hydrogens (primary N) is 1. The van der Waals surface area contributed by atoms with Crippen LogP contribution in [0.15, 0.2) is 48.5 Å². The molecule has 132 valence electrons. The summed E-state index contributed by atoms with van der Waals surface area (Å²) >= 11 is 0. The van der Waals surface area contributed by atoms with Crippen LogP contribution in [0.1, 0.15) is 23.2 Å². The third-order valence-corrected chi connectivity index (χ3v) is 3.35. The monoisotopic (exact) mass is 345 g/mol. The van der Waals surface area contributed by atoms with Crippen LogP contribution in [0.4, 0.5) is 14.9 Å². The van der Waals surface area contributed by atoms with Crippen molar-refractivity contribution < 1.29 is 18.7 Å². The minimum absolute atomic E-state index is 0.190. The van der Waals surface area contributed by atoms with Crippen molar-refractivity contribution in [3.63, 3.8) is 0 Å². The SMILES string of the molecule is NC(=O)Nc1ccc(C(=O)NCCCCOc2ccc(F)cc2)cc1. The number of hydrogen-bond acceptors (Lipinski definition) is 3. The lowest BCUT2D eigenvalue weighted by molar-refractivity contribution is 0.0952. The Morgan fingerprint density at radius 3 is 2.32 bits per heavy atom. The lowest BCUT2D eigenvalue weighted by Gasteiger charge is -2.08. The molecule has 2 rings (SSSR count). The second-order valence-electron chi connectivity index (χ2n) is 5.33. The lowest BCUT2D eigenvalue weighted by atomic mass is 10.2. The second-order valence-corrected chi connectivity index (χ2v) is 5.33. The first-order valence-electron chi connectivity index (χ1n) is 7.87. The van der Waals surface area contributed by atoms with Crippen molar-refractivity contribution in [1.29, 1.82) is 0 Å². The molecule has 0 fully saturated rings. The topological polar surface area (TPSA) is 93.5 Å². The van der Waals surface area contributed by atoms with E-state index in [1.54, 1.807) is 36.4 Å². The summed E-state index contributed by atoms with van der Waals surface area (Å²) in [5.74, 6) is 0.133. The number of rotatable bonds is 8. The Labute approximate surface area is 145 Å². The van der Waals surface area contributed by atoms with E-state index in [0.29, 0.717) is 30.2 Å². The van der Waals surface area contributed by atoms with E-state index in [1.807, 2.05) is 0 Å². The molecule has 3 amide bonds. The summed E-state index contributed by atoms with van der Waals surface area (Å²) in [6, 6.07) is 11.6. The molecule has 2 aromatic carbocycles. The Kier molecular flexibility index (Phi) is 6.76. The lowest BCUT2D eigenvalue weighted by Crippen LogP contribution is -2.25. The molecule has 6 nitrogen and oxygen atoms in total. The maximum absolute atomic E-state index is 12.7. The smallest absolute Gasteiger partial charge is 0.316 e. The van der Waals surface area contributed by atoms with Gasteiger partial charge in [0.15, 0.2) is 0 Å².